The molecule has 0 amide bonds. The van der Waals surface area contributed by atoms with Crippen molar-refractivity contribution >= 4 is 8.07 Å². The van der Waals surface area contributed by atoms with Crippen molar-refractivity contribution in [2.75, 3.05) is 0 Å². The molecule has 0 aromatic rings. The number of hydrogen-bond acceptors (Lipinski definition) is 0. The zero-order chi connectivity index (χ0) is 8.06. The third-order valence-electron chi connectivity index (χ3n) is 3.36. The van der Waals surface area contributed by atoms with Crippen LogP contribution in [0, 0.1) is 11.8 Å². The zero-order valence-electron chi connectivity index (χ0n) is 7.80. The highest BCUT2D eigenvalue weighted by Crippen LogP contribution is 2.53. The Morgan fingerprint density at radius 1 is 1.00 bits per heavy atom. The van der Waals surface area contributed by atoms with Crippen molar-refractivity contribution < 1.29 is 0 Å². The third-order valence-corrected chi connectivity index (χ3v) is 6.22. The fourth-order valence-electron chi connectivity index (χ4n) is 3.06. The SMILES string of the molecule is C[Si](C)(C)C1C2C=CC1CC2. The van der Waals surface area contributed by atoms with Crippen LogP contribution in [-0.4, -0.2) is 8.07 Å². The van der Waals surface area contributed by atoms with Crippen molar-refractivity contribution in [3.8, 4) is 0 Å². The molecule has 1 fully saturated rings. The molecule has 2 aliphatic carbocycles. The quantitative estimate of drug-likeness (QED) is 0.414. The lowest BCUT2D eigenvalue weighted by atomic mass is 10.1. The Morgan fingerprint density at radius 3 is 1.64 bits per heavy atom. The summed E-state index contributed by atoms with van der Waals surface area (Å²) >= 11 is 0. The smallest absolute Gasteiger partial charge is 0.0486 e. The van der Waals surface area contributed by atoms with Gasteiger partial charge in [0.2, 0.25) is 0 Å². The van der Waals surface area contributed by atoms with E-state index in [0.717, 1.165) is 17.4 Å². The normalized spacial score (nSPS) is 41.9. The minimum absolute atomic E-state index is 0.850. The van der Waals surface area contributed by atoms with Gasteiger partial charge in [-0.2, -0.15) is 0 Å². The summed E-state index contributed by atoms with van der Waals surface area (Å²) in [6.07, 6.45) is 7.93. The Balaban J connectivity index is 2.20. The fourth-order valence-corrected chi connectivity index (χ4v) is 6.19. The van der Waals surface area contributed by atoms with E-state index in [1.165, 1.54) is 12.8 Å². The number of rotatable bonds is 1. The van der Waals surface area contributed by atoms with Gasteiger partial charge in [-0.05, 0) is 30.2 Å². The lowest BCUT2D eigenvalue weighted by Crippen LogP contribution is -2.31. The second-order valence-electron chi connectivity index (χ2n) is 5.18. The van der Waals surface area contributed by atoms with E-state index in [0.29, 0.717) is 0 Å². The molecule has 2 unspecified atom stereocenters. The van der Waals surface area contributed by atoms with E-state index in [2.05, 4.69) is 31.8 Å². The van der Waals surface area contributed by atoms with Gasteiger partial charge in [-0.25, -0.2) is 0 Å². The topological polar surface area (TPSA) is 0 Å². The average Bonchev–Trinajstić information content (AvgIpc) is 2.40. The predicted octanol–water partition coefficient (Wildman–Crippen LogP) is 3.29. The molecule has 2 rings (SSSR count). The summed E-state index contributed by atoms with van der Waals surface area (Å²) in [7, 11) is -0.850. The second kappa shape index (κ2) is 2.22. The molecule has 2 aliphatic rings. The standard InChI is InChI=1S/C10H18Si/c1-11(2,3)10-8-4-5-9(10)7-6-8/h4-5,8-10H,6-7H2,1-3H3. The van der Waals surface area contributed by atoms with Crippen LogP contribution in [-0.2, 0) is 0 Å². The Morgan fingerprint density at radius 2 is 1.45 bits per heavy atom. The molecule has 0 aromatic carbocycles. The van der Waals surface area contributed by atoms with Gasteiger partial charge in [-0.15, -0.1) is 0 Å². The molecule has 0 radical (unpaired) electrons. The van der Waals surface area contributed by atoms with Crippen molar-refractivity contribution in [3.63, 3.8) is 0 Å². The van der Waals surface area contributed by atoms with Crippen molar-refractivity contribution in [1.29, 1.82) is 0 Å². The van der Waals surface area contributed by atoms with Gasteiger partial charge in [0.25, 0.3) is 0 Å². The third kappa shape index (κ3) is 1.10. The zero-order valence-corrected chi connectivity index (χ0v) is 8.80. The minimum atomic E-state index is -0.850. The van der Waals surface area contributed by atoms with Crippen molar-refractivity contribution in [2.24, 2.45) is 11.8 Å². The highest BCUT2D eigenvalue weighted by molar-refractivity contribution is 6.77. The molecular formula is C10H18Si. The van der Waals surface area contributed by atoms with Crippen LogP contribution in [0.2, 0.25) is 25.2 Å². The summed E-state index contributed by atoms with van der Waals surface area (Å²) in [6.45, 7) is 7.57. The first-order valence-corrected chi connectivity index (χ1v) is 8.35. The van der Waals surface area contributed by atoms with Crippen molar-refractivity contribution in [3.05, 3.63) is 12.2 Å². The molecule has 2 atom stereocenters. The maximum atomic E-state index is 2.52. The van der Waals surface area contributed by atoms with E-state index < -0.39 is 8.07 Å². The molecule has 0 spiro atoms. The van der Waals surface area contributed by atoms with Crippen LogP contribution in [0.4, 0.5) is 0 Å². The maximum Gasteiger partial charge on any atom is 0.0486 e. The molecule has 0 heterocycles. The van der Waals surface area contributed by atoms with Crippen LogP contribution in [0.5, 0.6) is 0 Å². The molecule has 0 nitrogen and oxygen atoms in total. The number of fused-ring (bicyclic) bond motifs is 2. The first kappa shape index (κ1) is 7.60. The van der Waals surface area contributed by atoms with Crippen LogP contribution in [0.3, 0.4) is 0 Å². The van der Waals surface area contributed by atoms with Crippen LogP contribution in [0.1, 0.15) is 12.8 Å². The van der Waals surface area contributed by atoms with Gasteiger partial charge in [0.05, 0.1) is 0 Å². The second-order valence-corrected chi connectivity index (χ2v) is 10.6. The summed E-state index contributed by atoms with van der Waals surface area (Å²) in [5, 5.41) is 0. The van der Waals surface area contributed by atoms with E-state index in [1.807, 2.05) is 0 Å². The number of allylic oxidation sites excluding steroid dienone is 2. The summed E-state index contributed by atoms with van der Waals surface area (Å²) in [4.78, 5) is 0. The minimum Gasteiger partial charge on any atom is -0.0851 e. The first-order valence-electron chi connectivity index (χ1n) is 4.77. The number of hydrogen-bond donors (Lipinski definition) is 0. The van der Waals surface area contributed by atoms with Gasteiger partial charge in [-0.1, -0.05) is 31.8 Å². The van der Waals surface area contributed by atoms with Gasteiger partial charge in [0.15, 0.2) is 0 Å². The Bertz CT molecular complexity index is 174. The van der Waals surface area contributed by atoms with Crippen molar-refractivity contribution in [1.82, 2.24) is 0 Å². The highest BCUT2D eigenvalue weighted by Gasteiger charge is 2.44. The maximum absolute atomic E-state index is 2.52. The van der Waals surface area contributed by atoms with E-state index in [1.54, 1.807) is 0 Å². The molecule has 0 aromatic heterocycles. The summed E-state index contributed by atoms with van der Waals surface area (Å²) in [5.41, 5.74) is 1.09. The van der Waals surface area contributed by atoms with E-state index in [4.69, 9.17) is 0 Å². The largest absolute Gasteiger partial charge is 0.0851 e. The van der Waals surface area contributed by atoms with Crippen molar-refractivity contribution in [2.45, 2.75) is 38.0 Å². The molecule has 1 heteroatoms. The summed E-state index contributed by atoms with van der Waals surface area (Å²) < 4.78 is 0. The van der Waals surface area contributed by atoms with Gasteiger partial charge >= 0.3 is 0 Å². The van der Waals surface area contributed by atoms with Gasteiger partial charge in [0, 0.05) is 8.07 Å². The van der Waals surface area contributed by atoms with Crippen LogP contribution >= 0.6 is 0 Å². The summed E-state index contributed by atoms with van der Waals surface area (Å²) in [6, 6.07) is 0. The monoisotopic (exact) mass is 166 g/mol. The molecule has 62 valence electrons. The van der Waals surface area contributed by atoms with E-state index >= 15 is 0 Å². The van der Waals surface area contributed by atoms with Gasteiger partial charge < -0.3 is 0 Å². The molecule has 0 aliphatic heterocycles. The molecule has 11 heavy (non-hydrogen) atoms. The Hall–Kier alpha value is -0.0431. The molecule has 1 saturated carbocycles. The van der Waals surface area contributed by atoms with Gasteiger partial charge in [0.1, 0.15) is 0 Å². The first-order chi connectivity index (χ1) is 5.09. The van der Waals surface area contributed by atoms with Crippen LogP contribution in [0.25, 0.3) is 0 Å². The molecule has 2 bridgehead atoms. The van der Waals surface area contributed by atoms with E-state index in [9.17, 15) is 0 Å². The molecule has 0 saturated heterocycles. The van der Waals surface area contributed by atoms with E-state index in [-0.39, 0.29) is 0 Å². The van der Waals surface area contributed by atoms with Crippen LogP contribution < -0.4 is 0 Å². The fraction of sp³-hybridized carbons (Fsp3) is 0.800. The lowest BCUT2D eigenvalue weighted by molar-refractivity contribution is 0.662. The van der Waals surface area contributed by atoms with Crippen LogP contribution in [0.15, 0.2) is 12.2 Å². The molecular weight excluding hydrogens is 148 g/mol. The Labute approximate surface area is 70.7 Å². The molecule has 0 N–H and O–H groups in total. The summed E-state index contributed by atoms with van der Waals surface area (Å²) in [5.74, 6) is 1.96. The lowest BCUT2D eigenvalue weighted by Gasteiger charge is -2.29. The Kier molecular flexibility index (Phi) is 1.54. The average molecular weight is 166 g/mol. The predicted molar refractivity (Wildman–Crippen MR) is 52.5 cm³/mol. The highest BCUT2D eigenvalue weighted by atomic mass is 28.3. The van der Waals surface area contributed by atoms with Gasteiger partial charge in [-0.3, -0.25) is 0 Å².